The molecule has 0 saturated heterocycles. The highest BCUT2D eigenvalue weighted by Gasteiger charge is 2.65. The summed E-state index contributed by atoms with van der Waals surface area (Å²) in [7, 11) is -9.99. The lowest BCUT2D eigenvalue weighted by Gasteiger charge is -2.40. The van der Waals surface area contributed by atoms with Crippen LogP contribution in [0.3, 0.4) is 0 Å². The van der Waals surface area contributed by atoms with Crippen molar-refractivity contribution in [2.75, 3.05) is 11.9 Å². The topological polar surface area (TPSA) is 82.3 Å². The summed E-state index contributed by atoms with van der Waals surface area (Å²) < 4.78 is 108. The fraction of sp³-hybridized carbons (Fsp3) is 0.222. The van der Waals surface area contributed by atoms with E-state index in [1.165, 1.54) is 6.07 Å². The van der Waals surface area contributed by atoms with E-state index in [1.54, 1.807) is 0 Å². The standard InChI is InChI=1S/C18H14F8N2O3S/c1-17(30,10-31-13-3-2-4-14(8-13)32(22,23,24,25)26)16(29)28-12-6-5-11(9-27)15(7-12)18(19,20)21/h2-8,30H,10H2,1H3,(H,28,29). The summed E-state index contributed by atoms with van der Waals surface area (Å²) in [6.45, 7) is -0.185. The van der Waals surface area contributed by atoms with Crippen LogP contribution in [0.15, 0.2) is 47.4 Å². The van der Waals surface area contributed by atoms with Crippen LogP contribution in [0.25, 0.3) is 0 Å². The zero-order valence-electron chi connectivity index (χ0n) is 15.9. The first-order valence-corrected chi connectivity index (χ1v) is 10.3. The number of anilines is 1. The second-order valence-corrected chi connectivity index (χ2v) is 9.24. The lowest BCUT2D eigenvalue weighted by molar-refractivity contribution is -0.138. The maximum atomic E-state index is 13.0. The van der Waals surface area contributed by atoms with Crippen LogP contribution >= 0.6 is 10.2 Å². The van der Waals surface area contributed by atoms with E-state index in [0.717, 1.165) is 25.1 Å². The molecule has 0 radical (unpaired) electrons. The first kappa shape index (κ1) is 25.2. The fourth-order valence-corrected chi connectivity index (χ4v) is 2.99. The Labute approximate surface area is 175 Å². The lowest BCUT2D eigenvalue weighted by atomic mass is 10.1. The molecule has 0 aliphatic heterocycles. The number of rotatable bonds is 6. The number of alkyl halides is 3. The molecule has 14 heteroatoms. The van der Waals surface area contributed by atoms with E-state index in [0.29, 0.717) is 12.1 Å². The number of amides is 1. The van der Waals surface area contributed by atoms with E-state index >= 15 is 0 Å². The molecule has 0 heterocycles. The van der Waals surface area contributed by atoms with Gasteiger partial charge < -0.3 is 15.2 Å². The molecule has 0 bridgehead atoms. The van der Waals surface area contributed by atoms with Crippen molar-refractivity contribution in [3.8, 4) is 11.8 Å². The zero-order valence-corrected chi connectivity index (χ0v) is 16.7. The quantitative estimate of drug-likeness (QED) is 0.487. The summed E-state index contributed by atoms with van der Waals surface area (Å²) in [6.07, 6.45) is -4.91. The zero-order chi connectivity index (χ0) is 24.7. The number of benzene rings is 2. The van der Waals surface area contributed by atoms with Gasteiger partial charge in [0, 0.05) is 11.8 Å². The third-order valence-electron chi connectivity index (χ3n) is 3.96. The molecule has 176 valence electrons. The molecule has 0 saturated carbocycles. The van der Waals surface area contributed by atoms with E-state index in [1.807, 2.05) is 5.32 Å². The van der Waals surface area contributed by atoms with Gasteiger partial charge >= 0.3 is 16.4 Å². The van der Waals surface area contributed by atoms with Gasteiger partial charge in [0.25, 0.3) is 5.91 Å². The van der Waals surface area contributed by atoms with Gasteiger partial charge in [0.15, 0.2) is 5.60 Å². The van der Waals surface area contributed by atoms with Crippen molar-refractivity contribution in [1.82, 2.24) is 0 Å². The molecule has 32 heavy (non-hydrogen) atoms. The predicted molar refractivity (Wildman–Crippen MR) is 98.7 cm³/mol. The van der Waals surface area contributed by atoms with Gasteiger partial charge in [-0.25, -0.2) is 0 Å². The Morgan fingerprint density at radius 1 is 1.12 bits per heavy atom. The molecule has 2 rings (SSSR count). The normalized spacial score (nSPS) is 16.2. The Hall–Kier alpha value is -3.05. The number of nitriles is 1. The van der Waals surface area contributed by atoms with E-state index in [4.69, 9.17) is 10.00 Å². The SMILES string of the molecule is CC(O)(COc1cccc(S(F)(F)(F)(F)F)c1)C(=O)Nc1ccc(C#N)c(C(F)(F)F)c1. The Kier molecular flexibility index (Phi) is 5.70. The van der Waals surface area contributed by atoms with Crippen LogP contribution in [-0.2, 0) is 11.0 Å². The van der Waals surface area contributed by atoms with Gasteiger partial charge in [-0.05, 0) is 37.3 Å². The smallest absolute Gasteiger partial charge is 0.417 e. The molecular weight excluding hydrogens is 476 g/mol. The van der Waals surface area contributed by atoms with Crippen molar-refractivity contribution in [2.45, 2.75) is 23.6 Å². The molecule has 2 N–H and O–H groups in total. The van der Waals surface area contributed by atoms with Gasteiger partial charge in [0.05, 0.1) is 17.2 Å². The van der Waals surface area contributed by atoms with Crippen LogP contribution < -0.4 is 10.1 Å². The molecule has 1 amide bonds. The molecule has 0 aliphatic carbocycles. The molecular formula is C18H14F8N2O3S. The van der Waals surface area contributed by atoms with Crippen molar-refractivity contribution >= 4 is 21.8 Å². The average molecular weight is 490 g/mol. The largest absolute Gasteiger partial charge is 0.490 e. The van der Waals surface area contributed by atoms with Crippen molar-refractivity contribution in [2.24, 2.45) is 0 Å². The number of ether oxygens (including phenoxy) is 1. The third kappa shape index (κ3) is 6.24. The summed E-state index contributed by atoms with van der Waals surface area (Å²) >= 11 is 0. The highest BCUT2D eigenvalue weighted by Crippen LogP contribution is 3.02. The van der Waals surface area contributed by atoms with E-state index in [9.17, 15) is 42.5 Å². The van der Waals surface area contributed by atoms with Gasteiger partial charge in [-0.3, -0.25) is 4.79 Å². The highest BCUT2D eigenvalue weighted by molar-refractivity contribution is 8.45. The minimum Gasteiger partial charge on any atom is -0.490 e. The summed E-state index contributed by atoms with van der Waals surface area (Å²) in [5, 5.41) is 20.9. The van der Waals surface area contributed by atoms with Crippen molar-refractivity contribution < 1.29 is 47.2 Å². The second-order valence-electron chi connectivity index (χ2n) is 6.83. The predicted octanol–water partition coefficient (Wildman–Crippen LogP) is 6.00. The molecule has 1 atom stereocenters. The third-order valence-corrected chi connectivity index (χ3v) is 5.11. The van der Waals surface area contributed by atoms with Crippen molar-refractivity contribution in [1.29, 1.82) is 5.26 Å². The summed E-state index contributed by atoms with van der Waals surface area (Å²) in [6, 6.07) is 5.16. The number of nitrogens with one attached hydrogen (secondary N) is 1. The van der Waals surface area contributed by atoms with Gasteiger partial charge in [-0.15, -0.1) is 0 Å². The molecule has 2 aromatic carbocycles. The summed E-state index contributed by atoms with van der Waals surface area (Å²) in [4.78, 5) is 9.97. The van der Waals surface area contributed by atoms with Crippen LogP contribution in [0, 0.1) is 11.3 Å². The molecule has 5 nitrogen and oxygen atoms in total. The number of hydrogen-bond donors (Lipinski definition) is 2. The van der Waals surface area contributed by atoms with Crippen LogP contribution in [0.2, 0.25) is 0 Å². The van der Waals surface area contributed by atoms with Gasteiger partial charge in [-0.1, -0.05) is 25.5 Å². The van der Waals surface area contributed by atoms with Gasteiger partial charge in [0.1, 0.15) is 17.3 Å². The van der Waals surface area contributed by atoms with E-state index < -0.39 is 62.0 Å². The molecule has 0 fully saturated rings. The second kappa shape index (κ2) is 7.24. The minimum absolute atomic E-state index is 0.00817. The van der Waals surface area contributed by atoms with Gasteiger partial charge in [0.2, 0.25) is 0 Å². The minimum atomic E-state index is -9.99. The Bertz CT molecular complexity index is 1090. The molecule has 2 aromatic rings. The number of halogens is 8. The average Bonchev–Trinajstić information content (AvgIpc) is 2.64. The molecule has 0 aromatic heterocycles. The Morgan fingerprint density at radius 2 is 1.75 bits per heavy atom. The van der Waals surface area contributed by atoms with Crippen LogP contribution in [0.1, 0.15) is 18.1 Å². The molecule has 0 aliphatic rings. The van der Waals surface area contributed by atoms with Crippen LogP contribution in [0.4, 0.5) is 38.3 Å². The number of hydrogen-bond acceptors (Lipinski definition) is 4. The van der Waals surface area contributed by atoms with Gasteiger partial charge in [-0.2, -0.15) is 18.4 Å². The number of nitrogens with zero attached hydrogens (tertiary/aromatic N) is 1. The number of aliphatic hydroxyl groups is 1. The first-order valence-electron chi connectivity index (χ1n) is 8.35. The van der Waals surface area contributed by atoms with E-state index in [2.05, 4.69) is 0 Å². The first-order chi connectivity index (χ1) is 14.2. The van der Waals surface area contributed by atoms with Crippen LogP contribution in [-0.4, -0.2) is 23.2 Å². The van der Waals surface area contributed by atoms with Crippen LogP contribution in [0.5, 0.6) is 5.75 Å². The maximum absolute atomic E-state index is 13.0. The highest BCUT2D eigenvalue weighted by atomic mass is 32.5. The fourth-order valence-electron chi connectivity index (χ4n) is 2.31. The summed E-state index contributed by atoms with van der Waals surface area (Å²) in [5.74, 6) is -2.04. The lowest BCUT2D eigenvalue weighted by Crippen LogP contribution is -2.45. The number of carbonyl (C=O) groups is 1. The molecule has 0 spiro atoms. The maximum Gasteiger partial charge on any atom is 0.417 e. The number of carbonyl (C=O) groups excluding carboxylic acids is 1. The van der Waals surface area contributed by atoms with Crippen molar-refractivity contribution in [3.05, 3.63) is 53.6 Å². The Morgan fingerprint density at radius 3 is 2.28 bits per heavy atom. The van der Waals surface area contributed by atoms with E-state index in [-0.39, 0.29) is 12.1 Å². The molecule has 1 unspecified atom stereocenters. The summed E-state index contributed by atoms with van der Waals surface area (Å²) in [5.41, 5.74) is -4.99. The monoisotopic (exact) mass is 490 g/mol. The Balaban J connectivity index is 2.17. The van der Waals surface area contributed by atoms with Crippen molar-refractivity contribution in [3.63, 3.8) is 0 Å².